The molecule has 5 heteroatoms. The molecule has 0 spiro atoms. The quantitative estimate of drug-likeness (QED) is 0.199. The number of rotatable bonds is 3. The number of hydrogen-bond acceptors (Lipinski definition) is 3. The fraction of sp³-hybridized carbons (Fsp3) is 0. The Balaban J connectivity index is 1.22. The largest absolute Gasteiger partial charge is 0.456 e. The van der Waals surface area contributed by atoms with Crippen LogP contribution in [0.3, 0.4) is 0 Å². The van der Waals surface area contributed by atoms with E-state index in [1.165, 1.54) is 21.5 Å². The van der Waals surface area contributed by atoms with Gasteiger partial charge in [0.2, 0.25) is 5.89 Å². The lowest BCUT2D eigenvalue weighted by Crippen LogP contribution is -2.00. The summed E-state index contributed by atoms with van der Waals surface area (Å²) in [5.74, 6) is 0.562. The van der Waals surface area contributed by atoms with Crippen molar-refractivity contribution in [3.8, 4) is 22.8 Å². The summed E-state index contributed by atoms with van der Waals surface area (Å²) >= 11 is 0. The van der Waals surface area contributed by atoms with Crippen molar-refractivity contribution in [2.75, 3.05) is 0 Å². The van der Waals surface area contributed by atoms with E-state index in [1.54, 1.807) is 0 Å². The predicted octanol–water partition coefficient (Wildman–Crippen LogP) is 11.6. The topological polar surface area (TPSA) is 49.0 Å². The highest BCUT2D eigenvalue weighted by molar-refractivity contribution is 6.11. The summed E-state index contributed by atoms with van der Waals surface area (Å²) in [6.07, 6.45) is 0. The molecule has 0 aliphatic carbocycles. The zero-order valence-electron chi connectivity index (χ0n) is 25.6. The second-order valence-electron chi connectivity index (χ2n) is 12.4. The molecule has 4 heterocycles. The summed E-state index contributed by atoms with van der Waals surface area (Å²) in [6.45, 7) is 0. The average molecular weight is 616 g/mol. The van der Waals surface area contributed by atoms with E-state index < -0.39 is 0 Å². The van der Waals surface area contributed by atoms with Crippen LogP contribution in [-0.4, -0.2) is 14.1 Å². The van der Waals surface area contributed by atoms with Gasteiger partial charge in [0.1, 0.15) is 16.7 Å². The van der Waals surface area contributed by atoms with Crippen LogP contribution in [0.5, 0.6) is 0 Å². The van der Waals surface area contributed by atoms with Gasteiger partial charge in [0.05, 0.1) is 22.1 Å². The molecule has 224 valence electrons. The number of nitrogens with zero attached hydrogens (tertiary/aromatic N) is 3. The molecule has 0 N–H and O–H groups in total. The lowest BCUT2D eigenvalue weighted by Gasteiger charge is -2.14. The Labute approximate surface area is 273 Å². The van der Waals surface area contributed by atoms with E-state index in [2.05, 4.69) is 137 Å². The predicted molar refractivity (Wildman–Crippen MR) is 195 cm³/mol. The molecule has 0 radical (unpaired) electrons. The molecule has 0 saturated carbocycles. The minimum absolute atomic E-state index is 0.562. The number of oxazole rings is 1. The number of benzene rings is 7. The monoisotopic (exact) mass is 615 g/mol. The molecule has 0 aliphatic heterocycles. The van der Waals surface area contributed by atoms with Crippen molar-refractivity contribution in [2.24, 2.45) is 0 Å². The maximum atomic E-state index is 6.60. The Kier molecular flexibility index (Phi) is 5.05. The summed E-state index contributed by atoms with van der Waals surface area (Å²) in [5, 5.41) is 6.95. The molecule has 11 aromatic rings. The van der Waals surface area contributed by atoms with Gasteiger partial charge in [0, 0.05) is 55.3 Å². The zero-order valence-corrected chi connectivity index (χ0v) is 25.6. The lowest BCUT2D eigenvalue weighted by atomic mass is 10.1. The van der Waals surface area contributed by atoms with Crippen LogP contribution in [0.1, 0.15) is 0 Å². The molecule has 0 aliphatic rings. The van der Waals surface area contributed by atoms with Crippen molar-refractivity contribution in [3.63, 3.8) is 0 Å². The standard InChI is InChI=1S/C43H25N3O2/c1-6-16-36-29(11-1)30-12-2-7-17-37(30)45(36)27-21-26(22-28(23-27)46-38-18-8-3-13-31(38)32-14-4-9-19-39(32)46)43-44-35-25-41-34(24-42(35)48-43)33-15-5-10-20-40(33)47-41/h1-25H. The van der Waals surface area contributed by atoms with E-state index in [-0.39, 0.29) is 0 Å². The van der Waals surface area contributed by atoms with Gasteiger partial charge in [-0.1, -0.05) is 91.0 Å². The molecular formula is C43H25N3O2. The molecule has 11 rings (SSSR count). The Morgan fingerprint density at radius 3 is 1.40 bits per heavy atom. The van der Waals surface area contributed by atoms with Gasteiger partial charge >= 0.3 is 0 Å². The molecule has 48 heavy (non-hydrogen) atoms. The first kappa shape index (κ1) is 25.6. The molecule has 0 fully saturated rings. The molecule has 0 saturated heterocycles. The van der Waals surface area contributed by atoms with Crippen LogP contribution < -0.4 is 0 Å². The fourth-order valence-corrected chi connectivity index (χ4v) is 7.65. The first-order valence-electron chi connectivity index (χ1n) is 16.1. The zero-order chi connectivity index (χ0) is 31.3. The van der Waals surface area contributed by atoms with E-state index in [9.17, 15) is 0 Å². The average Bonchev–Trinajstić information content (AvgIpc) is 3.89. The summed E-state index contributed by atoms with van der Waals surface area (Å²) in [7, 11) is 0. The van der Waals surface area contributed by atoms with E-state index in [4.69, 9.17) is 13.8 Å². The first-order valence-corrected chi connectivity index (χ1v) is 16.1. The van der Waals surface area contributed by atoms with Gasteiger partial charge < -0.3 is 18.0 Å². The van der Waals surface area contributed by atoms with Crippen LogP contribution in [0.4, 0.5) is 0 Å². The number of hydrogen-bond donors (Lipinski definition) is 0. The van der Waals surface area contributed by atoms with Gasteiger partial charge in [-0.25, -0.2) is 4.98 Å². The van der Waals surface area contributed by atoms with Gasteiger partial charge in [-0.3, -0.25) is 0 Å². The number of furan rings is 1. The van der Waals surface area contributed by atoms with Gasteiger partial charge in [0.15, 0.2) is 5.58 Å². The number of fused-ring (bicyclic) bond motifs is 10. The van der Waals surface area contributed by atoms with E-state index >= 15 is 0 Å². The second kappa shape index (κ2) is 9.47. The Morgan fingerprint density at radius 2 is 0.854 bits per heavy atom. The summed E-state index contributed by atoms with van der Waals surface area (Å²) < 4.78 is 17.5. The second-order valence-corrected chi connectivity index (χ2v) is 12.4. The Morgan fingerprint density at radius 1 is 0.375 bits per heavy atom. The molecule has 5 nitrogen and oxygen atoms in total. The summed E-state index contributed by atoms with van der Waals surface area (Å²) in [4.78, 5) is 5.05. The number of para-hydroxylation sites is 5. The Bertz CT molecular complexity index is 2840. The molecule has 0 atom stereocenters. The van der Waals surface area contributed by atoms with Crippen LogP contribution >= 0.6 is 0 Å². The van der Waals surface area contributed by atoms with Gasteiger partial charge in [-0.05, 0) is 54.6 Å². The van der Waals surface area contributed by atoms with Crippen molar-refractivity contribution in [1.82, 2.24) is 14.1 Å². The highest BCUT2D eigenvalue weighted by atomic mass is 16.4. The van der Waals surface area contributed by atoms with Crippen molar-refractivity contribution < 1.29 is 8.83 Å². The summed E-state index contributed by atoms with van der Waals surface area (Å²) in [5.41, 5.74) is 10.7. The summed E-state index contributed by atoms with van der Waals surface area (Å²) in [6, 6.07) is 53.3. The molecule has 0 amide bonds. The van der Waals surface area contributed by atoms with Crippen molar-refractivity contribution in [3.05, 3.63) is 152 Å². The minimum Gasteiger partial charge on any atom is -0.456 e. The van der Waals surface area contributed by atoms with E-state index in [0.29, 0.717) is 5.89 Å². The van der Waals surface area contributed by atoms with E-state index in [0.717, 1.165) is 72.0 Å². The minimum atomic E-state index is 0.562. The van der Waals surface area contributed by atoms with Crippen LogP contribution in [-0.2, 0) is 0 Å². The van der Waals surface area contributed by atoms with Crippen molar-refractivity contribution in [1.29, 1.82) is 0 Å². The first-order chi connectivity index (χ1) is 23.8. The molecular weight excluding hydrogens is 590 g/mol. The van der Waals surface area contributed by atoms with Crippen LogP contribution in [0, 0.1) is 0 Å². The maximum Gasteiger partial charge on any atom is 0.227 e. The third kappa shape index (κ3) is 3.53. The van der Waals surface area contributed by atoms with E-state index in [1.807, 2.05) is 24.3 Å². The number of aromatic nitrogens is 3. The molecule has 4 aromatic heterocycles. The lowest BCUT2D eigenvalue weighted by molar-refractivity contribution is 0.620. The third-order valence-electron chi connectivity index (χ3n) is 9.71. The molecule has 0 bridgehead atoms. The van der Waals surface area contributed by atoms with Crippen LogP contribution in [0.15, 0.2) is 160 Å². The van der Waals surface area contributed by atoms with Crippen LogP contribution in [0.25, 0.3) is 99.5 Å². The molecule has 7 aromatic carbocycles. The third-order valence-corrected chi connectivity index (χ3v) is 9.71. The van der Waals surface area contributed by atoms with Crippen LogP contribution in [0.2, 0.25) is 0 Å². The highest BCUT2D eigenvalue weighted by Gasteiger charge is 2.19. The van der Waals surface area contributed by atoms with Gasteiger partial charge in [-0.15, -0.1) is 0 Å². The highest BCUT2D eigenvalue weighted by Crippen LogP contribution is 2.39. The van der Waals surface area contributed by atoms with Crippen molar-refractivity contribution in [2.45, 2.75) is 0 Å². The van der Waals surface area contributed by atoms with Gasteiger partial charge in [-0.2, -0.15) is 0 Å². The Hall–Kier alpha value is -6.59. The SMILES string of the molecule is c1ccc2c(c1)oc1cc3nc(-c4cc(-n5c6ccccc6c6ccccc65)cc(-n5c6ccccc6c6ccccc65)c4)oc3cc12. The smallest absolute Gasteiger partial charge is 0.227 e. The normalized spacial score (nSPS) is 12.2. The van der Waals surface area contributed by atoms with Gasteiger partial charge in [0.25, 0.3) is 0 Å². The maximum absolute atomic E-state index is 6.60. The fourth-order valence-electron chi connectivity index (χ4n) is 7.65. The van der Waals surface area contributed by atoms with Crippen molar-refractivity contribution >= 4 is 76.6 Å². The molecule has 0 unspecified atom stereocenters.